The molecule has 0 unspecified atom stereocenters. The summed E-state index contributed by atoms with van der Waals surface area (Å²) < 4.78 is 27.0. The van der Waals surface area contributed by atoms with E-state index in [1.165, 1.54) is 12.7 Å². The Morgan fingerprint density at radius 3 is 2.03 bits per heavy atom. The number of nitrogen functional groups attached to an aromatic ring is 1. The summed E-state index contributed by atoms with van der Waals surface area (Å²) in [5.41, 5.74) is 11.9. The Bertz CT molecular complexity index is 2740. The number of aliphatic hydroxyl groups is 1. The number of aliphatic hydroxyl groups excluding tert-OH is 1. The van der Waals surface area contributed by atoms with E-state index >= 15 is 0 Å². The molecule has 5 aromatic carbocycles. The number of anilines is 1. The second-order valence-corrected chi connectivity index (χ2v) is 22.0. The second-order valence-electron chi connectivity index (χ2n) is 17.7. The number of rotatable bonds is 14. The van der Waals surface area contributed by atoms with Crippen LogP contribution in [-0.4, -0.2) is 89.6 Å². The molecule has 0 radical (unpaired) electrons. The van der Waals surface area contributed by atoms with Crippen molar-refractivity contribution in [3.05, 3.63) is 163 Å². The fraction of sp³-hybridized carbons (Fsp3) is 0.275. The quantitative estimate of drug-likeness (QED) is 0.0956. The van der Waals surface area contributed by atoms with E-state index in [4.69, 9.17) is 24.4 Å². The largest absolute Gasteiger partial charge is 0.497 e. The zero-order chi connectivity index (χ0) is 46.0. The lowest BCUT2D eigenvalue weighted by molar-refractivity contribution is -0.124. The van der Waals surface area contributed by atoms with Gasteiger partial charge >= 0.3 is 6.09 Å². The third kappa shape index (κ3) is 8.41. The molecule has 2 amide bonds. The zero-order valence-electron chi connectivity index (χ0n) is 37.2. The van der Waals surface area contributed by atoms with Gasteiger partial charge in [-0.15, -0.1) is 0 Å². The molecule has 14 nitrogen and oxygen atoms in total. The number of aromatic nitrogens is 4. The number of methoxy groups -OCH3 is 1. The van der Waals surface area contributed by atoms with Gasteiger partial charge in [-0.05, 0) is 55.4 Å². The summed E-state index contributed by atoms with van der Waals surface area (Å²) in [6, 6.07) is 41.6. The highest BCUT2D eigenvalue weighted by molar-refractivity contribution is 6.99. The van der Waals surface area contributed by atoms with E-state index < -0.39 is 50.8 Å². The van der Waals surface area contributed by atoms with Crippen molar-refractivity contribution in [3.8, 4) is 16.9 Å². The van der Waals surface area contributed by atoms with Crippen molar-refractivity contribution in [1.82, 2.24) is 30.2 Å². The van der Waals surface area contributed by atoms with Crippen LogP contribution in [0.15, 0.2) is 146 Å². The van der Waals surface area contributed by atoms with Crippen LogP contribution in [0.3, 0.4) is 0 Å². The Labute approximate surface area is 384 Å². The van der Waals surface area contributed by atoms with Crippen LogP contribution in [0.25, 0.3) is 22.3 Å². The number of benzene rings is 5. The SMILES string of the molecule is COc1ccc(C[C@H](NC(=O)OCC2c3ccccc3-c3ccccc32)C(=O)N[C@H]2[C@@H](O)[C@H](n3cnc4c(N)ncnc43)O[C@@H]2CO[Si](c2ccccc2)(c2ccccc2)C(C)(C)C)cc1. The topological polar surface area (TPSA) is 185 Å². The minimum atomic E-state index is -3.13. The summed E-state index contributed by atoms with van der Waals surface area (Å²) >= 11 is 0. The van der Waals surface area contributed by atoms with Crippen LogP contribution < -0.4 is 31.5 Å². The van der Waals surface area contributed by atoms with Crippen LogP contribution >= 0.6 is 0 Å². The first-order chi connectivity index (χ1) is 32.0. The van der Waals surface area contributed by atoms with Crippen LogP contribution in [0.5, 0.6) is 5.75 Å². The number of carbonyl (C=O) groups excluding carboxylic acids is 2. The third-order valence-corrected chi connectivity index (χ3v) is 17.8. The maximum absolute atomic E-state index is 14.8. The van der Waals surface area contributed by atoms with Gasteiger partial charge in [0.2, 0.25) is 5.91 Å². The van der Waals surface area contributed by atoms with Crippen LogP contribution in [0.4, 0.5) is 10.6 Å². The molecule has 338 valence electrons. The van der Waals surface area contributed by atoms with E-state index in [9.17, 15) is 14.7 Å². The van der Waals surface area contributed by atoms with Crippen molar-refractivity contribution in [3.63, 3.8) is 0 Å². The molecule has 2 aromatic heterocycles. The molecule has 5 N–H and O–H groups in total. The summed E-state index contributed by atoms with van der Waals surface area (Å²) in [4.78, 5) is 41.6. The van der Waals surface area contributed by atoms with Gasteiger partial charge in [0.15, 0.2) is 17.7 Å². The average Bonchev–Trinajstić information content (AvgIpc) is 4.00. The van der Waals surface area contributed by atoms with Crippen molar-refractivity contribution in [2.75, 3.05) is 26.1 Å². The fourth-order valence-corrected chi connectivity index (χ4v) is 14.1. The van der Waals surface area contributed by atoms with Gasteiger partial charge in [-0.2, -0.15) is 0 Å². The maximum Gasteiger partial charge on any atom is 0.407 e. The predicted molar refractivity (Wildman–Crippen MR) is 254 cm³/mol. The highest BCUT2D eigenvalue weighted by atomic mass is 28.4. The molecule has 1 aliphatic heterocycles. The number of nitrogens with one attached hydrogen (secondary N) is 2. The molecule has 1 saturated heterocycles. The Balaban J connectivity index is 1.02. The molecule has 15 heteroatoms. The molecule has 1 aliphatic carbocycles. The van der Waals surface area contributed by atoms with Gasteiger partial charge in [-0.25, -0.2) is 19.7 Å². The van der Waals surface area contributed by atoms with Gasteiger partial charge in [0, 0.05) is 12.3 Å². The monoisotopic (exact) mass is 903 g/mol. The van der Waals surface area contributed by atoms with E-state index in [0.717, 1.165) is 38.2 Å². The molecule has 0 spiro atoms. The van der Waals surface area contributed by atoms with Gasteiger partial charge in [0.05, 0.1) is 26.1 Å². The molecular formula is C51H53N7O7Si. The molecule has 3 heterocycles. The van der Waals surface area contributed by atoms with Crippen molar-refractivity contribution in [2.45, 2.75) is 68.7 Å². The molecule has 7 aromatic rings. The van der Waals surface area contributed by atoms with E-state index in [1.807, 2.05) is 84.9 Å². The van der Waals surface area contributed by atoms with Gasteiger partial charge < -0.3 is 40.1 Å². The van der Waals surface area contributed by atoms with Crippen LogP contribution in [0, 0.1) is 0 Å². The molecule has 66 heavy (non-hydrogen) atoms. The number of imidazole rings is 1. The smallest absolute Gasteiger partial charge is 0.407 e. The number of amides is 2. The Kier molecular flexibility index (Phi) is 12.4. The van der Waals surface area contributed by atoms with E-state index in [2.05, 4.69) is 82.8 Å². The first-order valence-corrected chi connectivity index (χ1v) is 23.9. The number of hydrogen-bond acceptors (Lipinski definition) is 11. The number of fused-ring (bicyclic) bond motifs is 4. The van der Waals surface area contributed by atoms with E-state index in [0.29, 0.717) is 16.9 Å². The standard InChI is InChI=1S/C51H53N7O7Si/c1-51(2,3)66(34-15-7-5-8-16-34,35-17-9-6-10-18-35)64-29-42-43(45(59)49(65-42)58-31-55-44-46(52)53-30-54-47(44)58)57-48(60)41(27-32-23-25-33(62-4)26-24-32)56-50(61)63-28-40-38-21-13-11-19-36(38)37-20-12-14-22-39(37)40/h5-26,30-31,40-43,45,49,59H,27-29H2,1-4H3,(H,56,61)(H,57,60)(H2,52,53,54)/t41-,42+,43+,45+,49+/m0/s1. The number of nitrogens with two attached hydrogens (primary N) is 1. The number of nitrogens with zero attached hydrogens (tertiary/aromatic N) is 4. The second kappa shape index (κ2) is 18.5. The highest BCUT2D eigenvalue weighted by Gasteiger charge is 2.53. The highest BCUT2D eigenvalue weighted by Crippen LogP contribution is 2.45. The van der Waals surface area contributed by atoms with E-state index in [-0.39, 0.29) is 36.4 Å². The Morgan fingerprint density at radius 1 is 0.818 bits per heavy atom. The lowest BCUT2D eigenvalue weighted by Gasteiger charge is -2.43. The average molecular weight is 904 g/mol. The Morgan fingerprint density at radius 2 is 1.42 bits per heavy atom. The number of ether oxygens (including phenoxy) is 3. The normalized spacial score (nSPS) is 18.6. The minimum absolute atomic E-state index is 0.0154. The third-order valence-electron chi connectivity index (χ3n) is 12.8. The molecular weight excluding hydrogens is 851 g/mol. The van der Waals surface area contributed by atoms with Crippen molar-refractivity contribution in [2.24, 2.45) is 0 Å². The summed E-state index contributed by atoms with van der Waals surface area (Å²) in [5, 5.41) is 20.0. The summed E-state index contributed by atoms with van der Waals surface area (Å²) in [7, 11) is -1.55. The number of hydrogen-bond donors (Lipinski definition) is 4. The van der Waals surface area contributed by atoms with Crippen molar-refractivity contribution < 1.29 is 33.3 Å². The first-order valence-electron chi connectivity index (χ1n) is 22.0. The van der Waals surface area contributed by atoms with Crippen LogP contribution in [0.1, 0.15) is 49.6 Å². The maximum atomic E-state index is 14.8. The van der Waals surface area contributed by atoms with Crippen molar-refractivity contribution >= 4 is 47.7 Å². The molecule has 2 aliphatic rings. The van der Waals surface area contributed by atoms with Gasteiger partial charge in [-0.1, -0.05) is 142 Å². The lowest BCUT2D eigenvalue weighted by atomic mass is 9.98. The summed E-state index contributed by atoms with van der Waals surface area (Å²) in [6.45, 7) is 6.56. The van der Waals surface area contributed by atoms with Gasteiger partial charge in [-0.3, -0.25) is 9.36 Å². The van der Waals surface area contributed by atoms with E-state index in [1.54, 1.807) is 23.8 Å². The molecule has 1 fully saturated rings. The molecule has 5 atom stereocenters. The minimum Gasteiger partial charge on any atom is -0.497 e. The zero-order valence-corrected chi connectivity index (χ0v) is 38.2. The van der Waals surface area contributed by atoms with Gasteiger partial charge in [0.25, 0.3) is 8.32 Å². The molecule has 9 rings (SSSR count). The van der Waals surface area contributed by atoms with Crippen LogP contribution in [0.2, 0.25) is 5.04 Å². The summed E-state index contributed by atoms with van der Waals surface area (Å²) in [6.07, 6.45) is -1.18. The van der Waals surface area contributed by atoms with Crippen molar-refractivity contribution in [1.29, 1.82) is 0 Å². The van der Waals surface area contributed by atoms with Crippen LogP contribution in [-0.2, 0) is 25.1 Å². The fourth-order valence-electron chi connectivity index (χ4n) is 9.57. The number of carbonyl (C=O) groups is 2. The first kappa shape index (κ1) is 44.3. The predicted octanol–water partition coefficient (Wildman–Crippen LogP) is 5.89. The molecule has 0 bridgehead atoms. The Hall–Kier alpha value is -6.91. The molecule has 0 saturated carbocycles. The number of alkyl carbamates (subject to hydrolysis) is 1. The summed E-state index contributed by atoms with van der Waals surface area (Å²) in [5.74, 6) is 0.0636. The lowest BCUT2D eigenvalue weighted by Crippen LogP contribution is -2.67. The van der Waals surface area contributed by atoms with Gasteiger partial charge in [0.1, 0.15) is 42.5 Å².